The molecule has 2 aromatic heterocycles. The number of aryl methyl sites for hydroxylation is 1. The van der Waals surface area contributed by atoms with E-state index in [1.165, 1.54) is 11.8 Å². The van der Waals surface area contributed by atoms with E-state index in [1.807, 2.05) is 51.1 Å². The lowest BCUT2D eigenvalue weighted by Gasteiger charge is -2.19. The second kappa shape index (κ2) is 8.65. The van der Waals surface area contributed by atoms with E-state index in [0.29, 0.717) is 22.6 Å². The first kappa shape index (κ1) is 20.2. The molecule has 6 nitrogen and oxygen atoms in total. The normalized spacial score (nSPS) is 12.3. The first-order valence-corrected chi connectivity index (χ1v) is 10.3. The Labute approximate surface area is 168 Å². The highest BCUT2D eigenvalue weighted by Crippen LogP contribution is 2.23. The Bertz CT molecular complexity index is 1040. The molecule has 28 heavy (non-hydrogen) atoms. The lowest BCUT2D eigenvalue weighted by Crippen LogP contribution is -2.29. The Morgan fingerprint density at radius 3 is 2.71 bits per heavy atom. The van der Waals surface area contributed by atoms with Crippen LogP contribution in [0.3, 0.4) is 0 Å². The van der Waals surface area contributed by atoms with Gasteiger partial charge in [0.25, 0.3) is 5.56 Å². The monoisotopic (exact) mass is 399 g/mol. The second-order valence-corrected chi connectivity index (χ2v) is 7.84. The Kier molecular flexibility index (Phi) is 6.24. The lowest BCUT2D eigenvalue weighted by molar-refractivity contribution is -0.127. The number of nitrogens with zero attached hydrogens (tertiary/aromatic N) is 3. The van der Waals surface area contributed by atoms with Crippen molar-refractivity contribution < 1.29 is 9.21 Å². The summed E-state index contributed by atoms with van der Waals surface area (Å²) in [4.78, 5) is 31.8. The molecule has 1 aromatic carbocycles. The minimum Gasteiger partial charge on any atom is -0.464 e. The molecule has 7 heteroatoms. The number of aromatic nitrogens is 2. The zero-order valence-corrected chi connectivity index (χ0v) is 17.5. The van der Waals surface area contributed by atoms with Gasteiger partial charge in [-0.05, 0) is 44.5 Å². The van der Waals surface area contributed by atoms with E-state index in [-0.39, 0.29) is 23.3 Å². The molecule has 2 heterocycles. The summed E-state index contributed by atoms with van der Waals surface area (Å²) in [6, 6.07) is 11.1. The first-order chi connectivity index (χ1) is 13.4. The maximum Gasteiger partial charge on any atom is 0.262 e. The molecule has 0 aliphatic rings. The van der Waals surface area contributed by atoms with E-state index in [4.69, 9.17) is 4.42 Å². The zero-order valence-electron chi connectivity index (χ0n) is 16.6. The van der Waals surface area contributed by atoms with Crippen molar-refractivity contribution in [2.75, 3.05) is 12.8 Å². The highest BCUT2D eigenvalue weighted by atomic mass is 32.2. The average molecular weight is 400 g/mol. The number of amides is 1. The molecule has 3 rings (SSSR count). The summed E-state index contributed by atoms with van der Waals surface area (Å²) in [5.74, 6) is 1.73. The molecule has 0 unspecified atom stereocenters. The van der Waals surface area contributed by atoms with Gasteiger partial charge in [-0.1, -0.05) is 30.8 Å². The number of fused-ring (bicyclic) bond motifs is 1. The van der Waals surface area contributed by atoms with E-state index < -0.39 is 0 Å². The van der Waals surface area contributed by atoms with Crippen molar-refractivity contribution in [2.45, 2.75) is 44.9 Å². The van der Waals surface area contributed by atoms with Crippen LogP contribution in [0.2, 0.25) is 0 Å². The summed E-state index contributed by atoms with van der Waals surface area (Å²) in [6.45, 7) is 6.32. The van der Waals surface area contributed by atoms with Gasteiger partial charge in [-0.3, -0.25) is 14.2 Å². The number of carbonyl (C=O) groups excluding carboxylic acids is 1. The van der Waals surface area contributed by atoms with Gasteiger partial charge in [0.1, 0.15) is 11.5 Å². The standard InChI is InChI=1S/C21H25N3O3S/c1-5-14(2)24-20(26)17-8-6-7-9-18(17)22-21(24)28-13-19(25)23(4)12-16-11-10-15(3)27-16/h6-11,14H,5,12-13H2,1-4H3/t14-/m0/s1. The highest BCUT2D eigenvalue weighted by Gasteiger charge is 2.18. The van der Waals surface area contributed by atoms with Crippen molar-refractivity contribution in [3.05, 3.63) is 58.3 Å². The summed E-state index contributed by atoms with van der Waals surface area (Å²) in [5.41, 5.74) is 0.593. The van der Waals surface area contributed by atoms with Gasteiger partial charge in [-0.15, -0.1) is 0 Å². The van der Waals surface area contributed by atoms with Crippen molar-refractivity contribution in [1.29, 1.82) is 0 Å². The van der Waals surface area contributed by atoms with E-state index in [2.05, 4.69) is 4.98 Å². The van der Waals surface area contributed by atoms with Crippen LogP contribution in [0.5, 0.6) is 0 Å². The predicted molar refractivity (Wildman–Crippen MR) is 112 cm³/mol. The van der Waals surface area contributed by atoms with Crippen LogP contribution in [0.15, 0.2) is 50.8 Å². The van der Waals surface area contributed by atoms with Gasteiger partial charge in [-0.2, -0.15) is 0 Å². The van der Waals surface area contributed by atoms with Crippen LogP contribution in [0, 0.1) is 6.92 Å². The van der Waals surface area contributed by atoms with Gasteiger partial charge >= 0.3 is 0 Å². The third kappa shape index (κ3) is 4.30. The minimum absolute atomic E-state index is 0.00558. The van der Waals surface area contributed by atoms with Crippen LogP contribution in [0.4, 0.5) is 0 Å². The smallest absolute Gasteiger partial charge is 0.262 e. The van der Waals surface area contributed by atoms with Crippen molar-refractivity contribution in [3.8, 4) is 0 Å². The molecule has 0 N–H and O–H groups in total. The molecule has 0 saturated heterocycles. The number of hydrogen-bond donors (Lipinski definition) is 0. The first-order valence-electron chi connectivity index (χ1n) is 9.34. The molecule has 0 bridgehead atoms. The molecular formula is C21H25N3O3S. The summed E-state index contributed by atoms with van der Waals surface area (Å²) in [5, 5.41) is 1.18. The predicted octanol–water partition coefficient (Wildman–Crippen LogP) is 4.02. The van der Waals surface area contributed by atoms with Crippen molar-refractivity contribution >= 4 is 28.6 Å². The zero-order chi connectivity index (χ0) is 20.3. The van der Waals surface area contributed by atoms with Crippen LogP contribution < -0.4 is 5.56 Å². The van der Waals surface area contributed by atoms with Crippen LogP contribution >= 0.6 is 11.8 Å². The average Bonchev–Trinajstić information content (AvgIpc) is 3.10. The topological polar surface area (TPSA) is 68.3 Å². The molecule has 1 atom stereocenters. The lowest BCUT2D eigenvalue weighted by atomic mass is 10.2. The molecular weight excluding hydrogens is 374 g/mol. The maximum atomic E-state index is 13.0. The fourth-order valence-electron chi connectivity index (χ4n) is 2.93. The number of thioether (sulfide) groups is 1. The number of hydrogen-bond acceptors (Lipinski definition) is 5. The van der Waals surface area contributed by atoms with Gasteiger partial charge in [0.2, 0.25) is 5.91 Å². The number of carbonyl (C=O) groups is 1. The number of rotatable bonds is 7. The molecule has 0 spiro atoms. The van der Waals surface area contributed by atoms with Crippen LogP contribution in [-0.2, 0) is 11.3 Å². The SMILES string of the molecule is CC[C@H](C)n1c(SCC(=O)N(C)Cc2ccc(C)o2)nc2ccccc2c1=O. The van der Waals surface area contributed by atoms with Gasteiger partial charge in [0, 0.05) is 13.1 Å². The van der Waals surface area contributed by atoms with Gasteiger partial charge < -0.3 is 9.32 Å². The van der Waals surface area contributed by atoms with Crippen molar-refractivity contribution in [1.82, 2.24) is 14.5 Å². The van der Waals surface area contributed by atoms with Crippen molar-refractivity contribution in [2.24, 2.45) is 0 Å². The highest BCUT2D eigenvalue weighted by molar-refractivity contribution is 7.99. The number of para-hydroxylation sites is 1. The van der Waals surface area contributed by atoms with E-state index in [9.17, 15) is 9.59 Å². The molecule has 0 fully saturated rings. The summed E-state index contributed by atoms with van der Waals surface area (Å²) in [7, 11) is 1.75. The number of furan rings is 1. The summed E-state index contributed by atoms with van der Waals surface area (Å²) < 4.78 is 7.24. The van der Waals surface area contributed by atoms with E-state index in [1.54, 1.807) is 22.6 Å². The molecule has 148 valence electrons. The fraction of sp³-hybridized carbons (Fsp3) is 0.381. The molecule has 0 aliphatic heterocycles. The van der Waals surface area contributed by atoms with Gasteiger partial charge in [0.15, 0.2) is 5.16 Å². The Morgan fingerprint density at radius 2 is 2.04 bits per heavy atom. The third-order valence-electron chi connectivity index (χ3n) is 4.75. The molecule has 0 saturated carbocycles. The van der Waals surface area contributed by atoms with E-state index >= 15 is 0 Å². The molecule has 0 radical (unpaired) electrons. The fourth-order valence-corrected chi connectivity index (χ4v) is 3.96. The Balaban J connectivity index is 1.81. The summed E-state index contributed by atoms with van der Waals surface area (Å²) >= 11 is 1.30. The second-order valence-electron chi connectivity index (χ2n) is 6.89. The molecule has 0 aliphatic carbocycles. The molecule has 3 aromatic rings. The Morgan fingerprint density at radius 1 is 1.29 bits per heavy atom. The minimum atomic E-state index is -0.0608. The number of benzene rings is 1. The van der Waals surface area contributed by atoms with Crippen LogP contribution in [0.25, 0.3) is 10.9 Å². The van der Waals surface area contributed by atoms with Gasteiger partial charge in [-0.25, -0.2) is 4.98 Å². The summed E-state index contributed by atoms with van der Waals surface area (Å²) in [6.07, 6.45) is 0.805. The molecule has 1 amide bonds. The van der Waals surface area contributed by atoms with Crippen LogP contribution in [0.1, 0.15) is 37.8 Å². The van der Waals surface area contributed by atoms with Crippen molar-refractivity contribution in [3.63, 3.8) is 0 Å². The van der Waals surface area contributed by atoms with E-state index in [0.717, 1.165) is 17.9 Å². The van der Waals surface area contributed by atoms with Gasteiger partial charge in [0.05, 0.1) is 23.2 Å². The third-order valence-corrected chi connectivity index (χ3v) is 5.68. The quantitative estimate of drug-likeness (QED) is 0.443. The maximum absolute atomic E-state index is 13.0. The Hall–Kier alpha value is -2.54. The van der Waals surface area contributed by atoms with Crippen LogP contribution in [-0.4, -0.2) is 33.2 Å². The largest absolute Gasteiger partial charge is 0.464 e.